The number of hydrogen-bond donors (Lipinski definition) is 1. The number of carbonyl (C=O) groups is 1. The number of non-ortho nitro benzene ring substituents is 1. The number of aryl methyl sites for hydroxylation is 1. The fourth-order valence-electron chi connectivity index (χ4n) is 2.12. The molecule has 0 bridgehead atoms. The normalized spacial score (nSPS) is 10.3. The number of benzene rings is 1. The van der Waals surface area contributed by atoms with E-state index in [1.807, 2.05) is 13.0 Å². The molecule has 1 heterocycles. The highest BCUT2D eigenvalue weighted by Gasteiger charge is 2.20. The molecule has 22 heavy (non-hydrogen) atoms. The van der Waals surface area contributed by atoms with Crippen molar-refractivity contribution >= 4 is 17.3 Å². The highest BCUT2D eigenvalue weighted by molar-refractivity contribution is 6.00. The van der Waals surface area contributed by atoms with Crippen molar-refractivity contribution in [2.75, 3.05) is 19.4 Å². The first-order valence-corrected chi connectivity index (χ1v) is 6.69. The average Bonchev–Trinajstić information content (AvgIpc) is 2.90. The number of nitro groups is 1. The zero-order valence-corrected chi connectivity index (χ0v) is 12.6. The van der Waals surface area contributed by atoms with E-state index in [4.69, 9.17) is 4.42 Å². The fourth-order valence-corrected chi connectivity index (χ4v) is 2.12. The number of amides is 1. The van der Waals surface area contributed by atoms with Crippen LogP contribution in [-0.4, -0.2) is 29.8 Å². The molecule has 0 saturated heterocycles. The van der Waals surface area contributed by atoms with Gasteiger partial charge in [0.15, 0.2) is 0 Å². The SMILES string of the molecule is CNc1ccc([N+](=O)[O-])cc1C(=O)N(C)Cc1ccc(C)o1. The predicted octanol–water partition coefficient (Wildman–Crippen LogP) is 2.81. The minimum absolute atomic E-state index is 0.121. The van der Waals surface area contributed by atoms with Crippen LogP contribution in [0.4, 0.5) is 11.4 Å². The molecule has 0 radical (unpaired) electrons. The monoisotopic (exact) mass is 303 g/mol. The maximum absolute atomic E-state index is 12.5. The van der Waals surface area contributed by atoms with Crippen LogP contribution >= 0.6 is 0 Å². The van der Waals surface area contributed by atoms with Gasteiger partial charge in [-0.25, -0.2) is 0 Å². The number of anilines is 1. The van der Waals surface area contributed by atoms with Crippen LogP contribution in [0.25, 0.3) is 0 Å². The standard InChI is InChI=1S/C15H17N3O4/c1-10-4-6-12(22-10)9-17(3)15(19)13-8-11(18(20)21)5-7-14(13)16-2/h4-8,16H,9H2,1-3H3. The van der Waals surface area contributed by atoms with E-state index in [1.165, 1.54) is 23.1 Å². The number of hydrogen-bond acceptors (Lipinski definition) is 5. The Morgan fingerprint density at radius 3 is 2.64 bits per heavy atom. The lowest BCUT2D eigenvalue weighted by molar-refractivity contribution is -0.384. The first-order chi connectivity index (χ1) is 10.4. The molecule has 0 aliphatic carbocycles. The quantitative estimate of drug-likeness (QED) is 0.677. The summed E-state index contributed by atoms with van der Waals surface area (Å²) in [5.41, 5.74) is 0.671. The van der Waals surface area contributed by atoms with Crippen molar-refractivity contribution in [1.82, 2.24) is 4.90 Å². The molecule has 0 fully saturated rings. The van der Waals surface area contributed by atoms with Crippen LogP contribution in [-0.2, 0) is 6.54 Å². The molecule has 2 aromatic rings. The number of nitrogens with one attached hydrogen (secondary N) is 1. The van der Waals surface area contributed by atoms with E-state index in [2.05, 4.69) is 5.32 Å². The number of furan rings is 1. The van der Waals surface area contributed by atoms with Gasteiger partial charge in [-0.1, -0.05) is 0 Å². The van der Waals surface area contributed by atoms with Crippen LogP contribution in [0, 0.1) is 17.0 Å². The molecule has 116 valence electrons. The van der Waals surface area contributed by atoms with E-state index in [-0.39, 0.29) is 17.2 Å². The van der Waals surface area contributed by atoms with Crippen LogP contribution in [0.15, 0.2) is 34.7 Å². The summed E-state index contributed by atoms with van der Waals surface area (Å²) in [5, 5.41) is 13.8. The van der Waals surface area contributed by atoms with Crippen molar-refractivity contribution in [3.05, 3.63) is 57.5 Å². The van der Waals surface area contributed by atoms with Crippen molar-refractivity contribution in [2.45, 2.75) is 13.5 Å². The second-order valence-corrected chi connectivity index (χ2v) is 4.91. The molecular weight excluding hydrogens is 286 g/mol. The van der Waals surface area contributed by atoms with Crippen molar-refractivity contribution in [3.63, 3.8) is 0 Å². The van der Waals surface area contributed by atoms with Crippen molar-refractivity contribution in [3.8, 4) is 0 Å². The predicted molar refractivity (Wildman–Crippen MR) is 81.9 cm³/mol. The van der Waals surface area contributed by atoms with E-state index in [1.54, 1.807) is 20.2 Å². The lowest BCUT2D eigenvalue weighted by Crippen LogP contribution is -2.26. The first kappa shape index (κ1) is 15.6. The topological polar surface area (TPSA) is 88.6 Å². The molecule has 1 aromatic carbocycles. The molecule has 0 unspecified atom stereocenters. The Bertz CT molecular complexity index is 709. The van der Waals surface area contributed by atoms with Crippen LogP contribution in [0.1, 0.15) is 21.9 Å². The summed E-state index contributed by atoms with van der Waals surface area (Å²) in [4.78, 5) is 24.4. The Morgan fingerprint density at radius 1 is 1.36 bits per heavy atom. The Morgan fingerprint density at radius 2 is 2.09 bits per heavy atom. The summed E-state index contributed by atoms with van der Waals surface area (Å²) >= 11 is 0. The largest absolute Gasteiger partial charge is 0.464 e. The van der Waals surface area contributed by atoms with Gasteiger partial charge in [0.05, 0.1) is 17.0 Å². The smallest absolute Gasteiger partial charge is 0.270 e. The van der Waals surface area contributed by atoms with Crippen molar-refractivity contribution in [2.24, 2.45) is 0 Å². The lowest BCUT2D eigenvalue weighted by Gasteiger charge is -2.17. The second-order valence-electron chi connectivity index (χ2n) is 4.91. The van der Waals surface area contributed by atoms with E-state index in [9.17, 15) is 14.9 Å². The maximum atomic E-state index is 12.5. The minimum atomic E-state index is -0.522. The Kier molecular flexibility index (Phi) is 4.45. The minimum Gasteiger partial charge on any atom is -0.464 e. The average molecular weight is 303 g/mol. The van der Waals surface area contributed by atoms with Gasteiger partial charge in [0.1, 0.15) is 11.5 Å². The maximum Gasteiger partial charge on any atom is 0.270 e. The summed E-state index contributed by atoms with van der Waals surface area (Å²) in [6, 6.07) is 7.78. The second kappa shape index (κ2) is 6.30. The fraction of sp³-hybridized carbons (Fsp3) is 0.267. The van der Waals surface area contributed by atoms with Gasteiger partial charge in [0.25, 0.3) is 11.6 Å². The summed E-state index contributed by atoms with van der Waals surface area (Å²) in [6.45, 7) is 2.11. The van der Waals surface area contributed by atoms with Gasteiger partial charge in [-0.2, -0.15) is 0 Å². The van der Waals surface area contributed by atoms with Gasteiger partial charge < -0.3 is 14.6 Å². The van der Waals surface area contributed by atoms with Crippen LogP contribution in [0.5, 0.6) is 0 Å². The Balaban J connectivity index is 2.27. The molecule has 0 atom stereocenters. The van der Waals surface area contributed by atoms with E-state index < -0.39 is 4.92 Å². The highest BCUT2D eigenvalue weighted by atomic mass is 16.6. The third-order valence-electron chi connectivity index (χ3n) is 3.25. The van der Waals surface area contributed by atoms with E-state index >= 15 is 0 Å². The summed E-state index contributed by atoms with van der Waals surface area (Å²) in [5.74, 6) is 1.11. The molecule has 0 aliphatic rings. The third-order valence-corrected chi connectivity index (χ3v) is 3.25. The Hall–Kier alpha value is -2.83. The highest BCUT2D eigenvalue weighted by Crippen LogP contribution is 2.23. The number of carbonyl (C=O) groups excluding carboxylic acids is 1. The molecule has 0 aliphatic heterocycles. The molecule has 7 heteroatoms. The number of nitrogens with zero attached hydrogens (tertiary/aromatic N) is 2. The zero-order valence-electron chi connectivity index (χ0n) is 12.6. The Labute approximate surface area is 127 Å². The first-order valence-electron chi connectivity index (χ1n) is 6.69. The summed E-state index contributed by atoms with van der Waals surface area (Å²) in [6.07, 6.45) is 0. The van der Waals surface area contributed by atoms with Crippen LogP contribution < -0.4 is 5.32 Å². The molecule has 0 spiro atoms. The molecule has 1 aromatic heterocycles. The van der Waals surface area contributed by atoms with Crippen LogP contribution in [0.3, 0.4) is 0 Å². The van der Waals surface area contributed by atoms with Gasteiger partial charge >= 0.3 is 0 Å². The van der Waals surface area contributed by atoms with Crippen molar-refractivity contribution in [1.29, 1.82) is 0 Å². The van der Waals surface area contributed by atoms with E-state index in [0.717, 1.165) is 5.76 Å². The molecule has 1 N–H and O–H groups in total. The van der Waals surface area contributed by atoms with Crippen LogP contribution in [0.2, 0.25) is 0 Å². The van der Waals surface area contributed by atoms with Crippen molar-refractivity contribution < 1.29 is 14.1 Å². The molecule has 2 rings (SSSR count). The summed E-state index contributed by atoms with van der Waals surface area (Å²) in [7, 11) is 3.28. The molecule has 0 saturated carbocycles. The van der Waals surface area contributed by atoms with Gasteiger partial charge in [-0.3, -0.25) is 14.9 Å². The van der Waals surface area contributed by atoms with Gasteiger partial charge in [0.2, 0.25) is 0 Å². The van der Waals surface area contributed by atoms with Gasteiger partial charge in [-0.05, 0) is 25.1 Å². The van der Waals surface area contributed by atoms with Gasteiger partial charge in [0, 0.05) is 31.9 Å². The number of rotatable bonds is 5. The zero-order chi connectivity index (χ0) is 16.3. The molecular formula is C15H17N3O4. The molecule has 1 amide bonds. The van der Waals surface area contributed by atoms with Gasteiger partial charge in [-0.15, -0.1) is 0 Å². The molecule has 7 nitrogen and oxygen atoms in total. The number of nitro benzene ring substituents is 1. The van der Waals surface area contributed by atoms with E-state index in [0.29, 0.717) is 18.0 Å². The summed E-state index contributed by atoms with van der Waals surface area (Å²) < 4.78 is 5.44. The lowest BCUT2D eigenvalue weighted by atomic mass is 10.1. The third kappa shape index (κ3) is 3.25.